The first kappa shape index (κ1) is 31.0. The number of ether oxygens (including phenoxy) is 1. The van der Waals surface area contributed by atoms with Crippen molar-refractivity contribution < 1.29 is 19.0 Å². The maximum absolute atomic E-state index is 13.2. The highest BCUT2D eigenvalue weighted by Gasteiger charge is 2.31. The summed E-state index contributed by atoms with van der Waals surface area (Å²) in [5, 5.41) is 9.93. The van der Waals surface area contributed by atoms with Gasteiger partial charge >= 0.3 is 5.97 Å². The number of aryl methyl sites for hydroxylation is 1. The molecule has 2 saturated heterocycles. The van der Waals surface area contributed by atoms with Gasteiger partial charge in [0.2, 0.25) is 0 Å². The maximum Gasteiger partial charge on any atom is 0.307 e. The molecule has 8 heteroatoms. The fourth-order valence-electron chi connectivity index (χ4n) is 6.12. The molecule has 0 saturated carbocycles. The van der Waals surface area contributed by atoms with Crippen molar-refractivity contribution in [2.45, 2.75) is 53.0 Å². The van der Waals surface area contributed by atoms with Crippen LogP contribution in [0.25, 0.3) is 11.1 Å². The predicted molar refractivity (Wildman–Crippen MR) is 169 cm³/mol. The minimum Gasteiger partial charge on any atom is -0.493 e. The third kappa shape index (κ3) is 7.92. The Bertz CT molecular complexity index is 1390. The summed E-state index contributed by atoms with van der Waals surface area (Å²) >= 11 is 0. The molecular formula is C35H45FN4O3. The van der Waals surface area contributed by atoms with Crippen molar-refractivity contribution in [3.05, 3.63) is 76.9 Å². The Hall–Kier alpha value is -3.49. The van der Waals surface area contributed by atoms with Crippen LogP contribution in [0.15, 0.2) is 48.5 Å². The molecule has 0 aliphatic carbocycles. The Labute approximate surface area is 255 Å². The smallest absolute Gasteiger partial charge is 0.307 e. The molecule has 230 valence electrons. The SMILES string of the molecule is Cc1nc(CN2CCN(C)CC2)c(-c2ccc(OCCc3ccc(F)cc3)cc2)c(N2CCC(C)(C)CC2)c1CC(=O)O. The average Bonchev–Trinajstić information content (AvgIpc) is 2.97. The number of nitrogens with zero attached hydrogens (tertiary/aromatic N) is 4. The lowest BCUT2D eigenvalue weighted by Crippen LogP contribution is -2.44. The molecule has 0 amide bonds. The van der Waals surface area contributed by atoms with Crippen LogP contribution < -0.4 is 9.64 Å². The van der Waals surface area contributed by atoms with E-state index in [4.69, 9.17) is 9.72 Å². The van der Waals surface area contributed by atoms with E-state index in [0.29, 0.717) is 13.0 Å². The second kappa shape index (κ2) is 13.4. The second-order valence-corrected chi connectivity index (χ2v) is 12.9. The standard InChI is InChI=1S/C35H45FN4O3/c1-25-30(23-32(41)42)34(40-16-14-35(2,3)15-17-40)33(31(37-25)24-39-20-18-38(4)19-21-39)27-7-11-29(12-8-27)43-22-13-26-5-9-28(36)10-6-26/h5-12H,13-24H2,1-4H3,(H,41,42). The van der Waals surface area contributed by atoms with E-state index in [0.717, 1.165) is 104 Å². The van der Waals surface area contributed by atoms with E-state index < -0.39 is 5.97 Å². The summed E-state index contributed by atoms with van der Waals surface area (Å²) < 4.78 is 19.3. The number of carboxylic acids is 1. The monoisotopic (exact) mass is 588 g/mol. The van der Waals surface area contributed by atoms with Crippen LogP contribution in [0.1, 0.15) is 49.2 Å². The minimum atomic E-state index is -0.842. The lowest BCUT2D eigenvalue weighted by atomic mass is 9.82. The summed E-state index contributed by atoms with van der Waals surface area (Å²) in [6, 6.07) is 14.6. The van der Waals surface area contributed by atoms with Gasteiger partial charge in [0.15, 0.2) is 0 Å². The number of pyridine rings is 1. The number of aromatic nitrogens is 1. The third-order valence-electron chi connectivity index (χ3n) is 9.00. The van der Waals surface area contributed by atoms with Crippen LogP contribution in [-0.4, -0.2) is 78.8 Å². The largest absolute Gasteiger partial charge is 0.493 e. The van der Waals surface area contributed by atoms with Crippen LogP contribution in [0.3, 0.4) is 0 Å². The first-order chi connectivity index (χ1) is 20.6. The molecule has 0 spiro atoms. The molecule has 2 aliphatic rings. The molecule has 5 rings (SSSR count). The number of halogens is 1. The number of benzene rings is 2. The van der Waals surface area contributed by atoms with Crippen LogP contribution in [0.5, 0.6) is 5.75 Å². The molecule has 1 N–H and O–H groups in total. The van der Waals surface area contributed by atoms with Gasteiger partial charge in [-0.15, -0.1) is 0 Å². The molecule has 0 unspecified atom stereocenters. The van der Waals surface area contributed by atoms with Crippen molar-refractivity contribution in [1.29, 1.82) is 0 Å². The van der Waals surface area contributed by atoms with E-state index in [9.17, 15) is 14.3 Å². The van der Waals surface area contributed by atoms with Gasteiger partial charge in [0.1, 0.15) is 11.6 Å². The van der Waals surface area contributed by atoms with E-state index in [1.54, 1.807) is 12.1 Å². The van der Waals surface area contributed by atoms with Gasteiger partial charge in [0.25, 0.3) is 0 Å². The number of aliphatic carboxylic acids is 1. The fraction of sp³-hybridized carbons (Fsp3) is 0.486. The lowest BCUT2D eigenvalue weighted by Gasteiger charge is -2.40. The lowest BCUT2D eigenvalue weighted by molar-refractivity contribution is -0.136. The highest BCUT2D eigenvalue weighted by atomic mass is 19.1. The summed E-state index contributed by atoms with van der Waals surface area (Å²) in [7, 11) is 2.16. The number of piperazine rings is 1. The normalized spacial score (nSPS) is 17.7. The van der Waals surface area contributed by atoms with Gasteiger partial charge in [-0.3, -0.25) is 14.7 Å². The number of hydrogen-bond donors (Lipinski definition) is 1. The molecule has 2 aromatic carbocycles. The molecule has 43 heavy (non-hydrogen) atoms. The van der Waals surface area contributed by atoms with Gasteiger partial charge in [-0.1, -0.05) is 38.1 Å². The molecule has 2 fully saturated rings. The van der Waals surface area contributed by atoms with E-state index in [2.05, 4.69) is 47.7 Å². The number of likely N-dealkylation sites (N-methyl/N-ethyl adjacent to an activating group) is 1. The average molecular weight is 589 g/mol. The topological polar surface area (TPSA) is 69.1 Å². The van der Waals surface area contributed by atoms with Crippen molar-refractivity contribution in [2.24, 2.45) is 5.41 Å². The summed E-state index contributed by atoms with van der Waals surface area (Å²) in [6.07, 6.45) is 2.73. The number of rotatable bonds is 10. The van der Waals surface area contributed by atoms with Gasteiger partial charge in [-0.2, -0.15) is 0 Å². The summed E-state index contributed by atoms with van der Waals surface area (Å²) in [4.78, 5) is 24.4. The predicted octanol–water partition coefficient (Wildman–Crippen LogP) is 5.82. The van der Waals surface area contributed by atoms with E-state index >= 15 is 0 Å². The van der Waals surface area contributed by atoms with Crippen molar-refractivity contribution >= 4 is 11.7 Å². The maximum atomic E-state index is 13.2. The Morgan fingerprint density at radius 3 is 2.26 bits per heavy atom. The van der Waals surface area contributed by atoms with E-state index in [-0.39, 0.29) is 17.7 Å². The van der Waals surface area contributed by atoms with Gasteiger partial charge in [-0.25, -0.2) is 4.39 Å². The van der Waals surface area contributed by atoms with Crippen molar-refractivity contribution in [3.8, 4) is 16.9 Å². The highest BCUT2D eigenvalue weighted by Crippen LogP contribution is 2.42. The van der Waals surface area contributed by atoms with Crippen molar-refractivity contribution in [2.75, 3.05) is 57.8 Å². The molecule has 0 radical (unpaired) electrons. The van der Waals surface area contributed by atoms with Crippen LogP contribution in [0, 0.1) is 18.2 Å². The van der Waals surface area contributed by atoms with E-state index in [1.165, 1.54) is 12.1 Å². The van der Waals surface area contributed by atoms with Crippen LogP contribution >= 0.6 is 0 Å². The Kier molecular flexibility index (Phi) is 9.67. The molecule has 0 atom stereocenters. The third-order valence-corrected chi connectivity index (χ3v) is 9.00. The first-order valence-corrected chi connectivity index (χ1v) is 15.5. The van der Waals surface area contributed by atoms with Crippen LogP contribution in [0.4, 0.5) is 10.1 Å². The zero-order chi connectivity index (χ0) is 30.6. The van der Waals surface area contributed by atoms with E-state index in [1.807, 2.05) is 19.1 Å². The zero-order valence-corrected chi connectivity index (χ0v) is 26.0. The van der Waals surface area contributed by atoms with Gasteiger partial charge in [-0.05, 0) is 67.6 Å². The zero-order valence-electron chi connectivity index (χ0n) is 26.0. The molecule has 3 aromatic rings. The number of piperidine rings is 1. The minimum absolute atomic E-state index is 0.0551. The molecular weight excluding hydrogens is 543 g/mol. The van der Waals surface area contributed by atoms with Crippen LogP contribution in [-0.2, 0) is 24.2 Å². The Morgan fingerprint density at radius 2 is 1.63 bits per heavy atom. The fourth-order valence-corrected chi connectivity index (χ4v) is 6.12. The summed E-state index contributed by atoms with van der Waals surface area (Å²) in [5.41, 5.74) is 6.99. The number of hydrogen-bond acceptors (Lipinski definition) is 6. The summed E-state index contributed by atoms with van der Waals surface area (Å²) in [6.45, 7) is 13.6. The molecule has 3 heterocycles. The van der Waals surface area contributed by atoms with Crippen molar-refractivity contribution in [1.82, 2.24) is 14.8 Å². The molecule has 1 aromatic heterocycles. The first-order valence-electron chi connectivity index (χ1n) is 15.5. The Balaban J connectivity index is 1.49. The van der Waals surface area contributed by atoms with Gasteiger partial charge in [0, 0.05) is 69.1 Å². The quantitative estimate of drug-likeness (QED) is 0.320. The van der Waals surface area contributed by atoms with Crippen LogP contribution in [0.2, 0.25) is 0 Å². The molecule has 2 aliphatic heterocycles. The highest BCUT2D eigenvalue weighted by molar-refractivity contribution is 5.86. The number of carboxylic acid groups (broad SMARTS) is 1. The van der Waals surface area contributed by atoms with Gasteiger partial charge < -0.3 is 19.6 Å². The van der Waals surface area contributed by atoms with Gasteiger partial charge in [0.05, 0.1) is 24.4 Å². The number of anilines is 1. The molecule has 7 nitrogen and oxygen atoms in total. The van der Waals surface area contributed by atoms with Crippen molar-refractivity contribution in [3.63, 3.8) is 0 Å². The second-order valence-electron chi connectivity index (χ2n) is 12.9. The Morgan fingerprint density at radius 1 is 0.977 bits per heavy atom. The molecule has 0 bridgehead atoms. The number of carbonyl (C=O) groups is 1. The summed E-state index contributed by atoms with van der Waals surface area (Å²) in [5.74, 6) is -0.318.